The molecule has 0 spiro atoms. The Kier molecular flexibility index (Phi) is 2.55. The van der Waals surface area contributed by atoms with E-state index in [1.165, 1.54) is 17.8 Å². The van der Waals surface area contributed by atoms with Crippen LogP contribution in [0.4, 0.5) is 0 Å². The zero-order valence-corrected chi connectivity index (χ0v) is 7.76. The maximum Gasteiger partial charge on any atom is 0.356 e. The van der Waals surface area contributed by atoms with Crippen LogP contribution in [0, 0.1) is 0 Å². The minimum absolute atomic E-state index is 0.206. The van der Waals surface area contributed by atoms with Gasteiger partial charge in [0, 0.05) is 18.8 Å². The fraction of sp³-hybridized carbons (Fsp3) is 0.375. The van der Waals surface area contributed by atoms with Crippen LogP contribution in [0.1, 0.15) is 28.9 Å². The van der Waals surface area contributed by atoms with Gasteiger partial charge in [0.25, 0.3) is 0 Å². The molecule has 1 heterocycles. The predicted octanol–water partition coefficient (Wildman–Crippen LogP) is 0.306. The lowest BCUT2D eigenvalue weighted by Gasteiger charge is -2.02. The molecule has 2 N–H and O–H groups in total. The molecular weight excluding hydrogens is 188 g/mol. The van der Waals surface area contributed by atoms with Crippen molar-refractivity contribution in [3.05, 3.63) is 17.5 Å². The molecule has 0 aliphatic rings. The van der Waals surface area contributed by atoms with Gasteiger partial charge in [-0.25, -0.2) is 4.79 Å². The van der Waals surface area contributed by atoms with E-state index in [1.807, 2.05) is 0 Å². The van der Waals surface area contributed by atoms with E-state index in [0.717, 1.165) is 0 Å². The van der Waals surface area contributed by atoms with E-state index in [4.69, 9.17) is 10.2 Å². The monoisotopic (exact) mass is 198 g/mol. The number of carbonyl (C=O) groups is 2. The molecule has 0 saturated heterocycles. The molecule has 1 rings (SSSR count). The first-order valence-electron chi connectivity index (χ1n) is 3.93. The molecule has 0 amide bonds. The molecule has 6 nitrogen and oxygen atoms in total. The Hall–Kier alpha value is -1.85. The van der Waals surface area contributed by atoms with Crippen molar-refractivity contribution in [2.45, 2.75) is 12.8 Å². The quantitative estimate of drug-likeness (QED) is 0.728. The van der Waals surface area contributed by atoms with Crippen molar-refractivity contribution < 1.29 is 19.8 Å². The lowest BCUT2D eigenvalue weighted by Crippen LogP contribution is -2.11. The Bertz CT molecular complexity index is 383. The van der Waals surface area contributed by atoms with Crippen LogP contribution < -0.4 is 0 Å². The van der Waals surface area contributed by atoms with Gasteiger partial charge in [0.1, 0.15) is 0 Å². The van der Waals surface area contributed by atoms with Crippen LogP contribution in [0.5, 0.6) is 0 Å². The van der Waals surface area contributed by atoms with Crippen LogP contribution in [0.25, 0.3) is 0 Å². The van der Waals surface area contributed by atoms with E-state index in [-0.39, 0.29) is 11.3 Å². The number of hydrogen-bond acceptors (Lipinski definition) is 3. The molecule has 0 aliphatic heterocycles. The Morgan fingerprint density at radius 2 is 2.07 bits per heavy atom. The second-order valence-corrected chi connectivity index (χ2v) is 2.97. The average Bonchev–Trinajstić information content (AvgIpc) is 2.45. The van der Waals surface area contributed by atoms with E-state index in [2.05, 4.69) is 5.10 Å². The minimum atomic E-state index is -1.21. The minimum Gasteiger partial charge on any atom is -0.481 e. The highest BCUT2D eigenvalue weighted by Crippen LogP contribution is 2.18. The molecule has 0 saturated carbocycles. The van der Waals surface area contributed by atoms with Gasteiger partial charge < -0.3 is 10.2 Å². The first-order chi connectivity index (χ1) is 6.43. The van der Waals surface area contributed by atoms with Crippen molar-refractivity contribution in [1.29, 1.82) is 0 Å². The molecule has 0 aromatic carbocycles. The Morgan fingerprint density at radius 1 is 1.50 bits per heavy atom. The van der Waals surface area contributed by atoms with Crippen LogP contribution in [0.15, 0.2) is 6.20 Å². The normalized spacial score (nSPS) is 12.4. The molecule has 0 bridgehead atoms. The van der Waals surface area contributed by atoms with Gasteiger partial charge in [-0.15, -0.1) is 0 Å². The maximum absolute atomic E-state index is 10.7. The number of aromatic carboxylic acids is 1. The van der Waals surface area contributed by atoms with Gasteiger partial charge in [-0.2, -0.15) is 5.10 Å². The third-order valence-corrected chi connectivity index (χ3v) is 1.90. The van der Waals surface area contributed by atoms with Gasteiger partial charge in [0.05, 0.1) is 5.92 Å². The molecule has 76 valence electrons. The summed E-state index contributed by atoms with van der Waals surface area (Å²) in [4.78, 5) is 21.3. The van der Waals surface area contributed by atoms with Crippen molar-refractivity contribution >= 4 is 11.9 Å². The molecule has 1 unspecified atom stereocenters. The third-order valence-electron chi connectivity index (χ3n) is 1.90. The summed E-state index contributed by atoms with van der Waals surface area (Å²) in [6.45, 7) is 1.42. The van der Waals surface area contributed by atoms with Gasteiger partial charge in [0.15, 0.2) is 5.69 Å². The number of nitrogens with zero attached hydrogens (tertiary/aromatic N) is 2. The third kappa shape index (κ3) is 1.73. The molecule has 1 atom stereocenters. The van der Waals surface area contributed by atoms with E-state index < -0.39 is 17.9 Å². The highest BCUT2D eigenvalue weighted by Gasteiger charge is 2.23. The standard InChI is InChI=1S/C8H10N2O4/c1-4(7(11)12)5-3-10(2)9-6(5)8(13)14/h3-4H,1-2H3,(H,11,12)(H,13,14). The summed E-state index contributed by atoms with van der Waals surface area (Å²) in [6, 6.07) is 0. The molecule has 0 aliphatic carbocycles. The Labute approximate surface area is 79.8 Å². The summed E-state index contributed by atoms with van der Waals surface area (Å²) in [5.74, 6) is -3.15. The van der Waals surface area contributed by atoms with E-state index >= 15 is 0 Å². The summed E-state index contributed by atoms with van der Waals surface area (Å²) < 4.78 is 1.29. The number of aromatic nitrogens is 2. The van der Waals surface area contributed by atoms with E-state index in [1.54, 1.807) is 7.05 Å². The lowest BCUT2D eigenvalue weighted by atomic mass is 10.0. The average molecular weight is 198 g/mol. The molecule has 0 radical (unpaired) electrons. The van der Waals surface area contributed by atoms with Gasteiger partial charge in [-0.3, -0.25) is 9.48 Å². The van der Waals surface area contributed by atoms with Crippen molar-refractivity contribution in [2.24, 2.45) is 7.05 Å². The first kappa shape index (κ1) is 10.2. The summed E-state index contributed by atoms with van der Waals surface area (Å²) >= 11 is 0. The Morgan fingerprint density at radius 3 is 2.50 bits per heavy atom. The fourth-order valence-corrected chi connectivity index (χ4v) is 1.12. The van der Waals surface area contributed by atoms with Crippen molar-refractivity contribution in [3.8, 4) is 0 Å². The van der Waals surface area contributed by atoms with Gasteiger partial charge in [0.2, 0.25) is 0 Å². The zero-order chi connectivity index (χ0) is 10.9. The van der Waals surface area contributed by atoms with Crippen LogP contribution >= 0.6 is 0 Å². The van der Waals surface area contributed by atoms with Gasteiger partial charge in [-0.05, 0) is 6.92 Å². The number of rotatable bonds is 3. The zero-order valence-electron chi connectivity index (χ0n) is 7.76. The fourth-order valence-electron chi connectivity index (χ4n) is 1.12. The van der Waals surface area contributed by atoms with Gasteiger partial charge >= 0.3 is 11.9 Å². The molecule has 1 aromatic rings. The molecule has 14 heavy (non-hydrogen) atoms. The van der Waals surface area contributed by atoms with Crippen LogP contribution in [0.2, 0.25) is 0 Å². The summed E-state index contributed by atoms with van der Waals surface area (Å²) in [5, 5.41) is 21.1. The smallest absolute Gasteiger partial charge is 0.356 e. The summed E-state index contributed by atoms with van der Waals surface area (Å²) in [6.07, 6.45) is 1.40. The highest BCUT2D eigenvalue weighted by atomic mass is 16.4. The molecule has 1 aromatic heterocycles. The predicted molar refractivity (Wildman–Crippen MR) is 46.2 cm³/mol. The van der Waals surface area contributed by atoms with Crippen LogP contribution in [-0.2, 0) is 11.8 Å². The number of aliphatic carboxylic acids is 1. The molecular formula is C8H10N2O4. The number of hydrogen-bond donors (Lipinski definition) is 2. The number of aryl methyl sites for hydroxylation is 1. The van der Waals surface area contributed by atoms with E-state index in [9.17, 15) is 9.59 Å². The lowest BCUT2D eigenvalue weighted by molar-refractivity contribution is -0.138. The summed E-state index contributed by atoms with van der Waals surface area (Å²) in [7, 11) is 1.55. The topological polar surface area (TPSA) is 92.4 Å². The van der Waals surface area contributed by atoms with Gasteiger partial charge in [-0.1, -0.05) is 0 Å². The SMILES string of the molecule is CC(C(=O)O)c1cn(C)nc1C(=O)O. The summed E-state index contributed by atoms with van der Waals surface area (Å²) in [5.41, 5.74) is 0.00917. The van der Waals surface area contributed by atoms with Crippen LogP contribution in [-0.4, -0.2) is 31.9 Å². The largest absolute Gasteiger partial charge is 0.481 e. The maximum atomic E-state index is 10.7. The first-order valence-corrected chi connectivity index (χ1v) is 3.93. The second-order valence-electron chi connectivity index (χ2n) is 2.97. The molecule has 0 fully saturated rings. The Balaban J connectivity index is 3.19. The molecule has 6 heteroatoms. The van der Waals surface area contributed by atoms with Crippen molar-refractivity contribution in [3.63, 3.8) is 0 Å². The second kappa shape index (κ2) is 3.49. The number of carboxylic acid groups (broad SMARTS) is 2. The van der Waals surface area contributed by atoms with Crippen LogP contribution in [0.3, 0.4) is 0 Å². The highest BCUT2D eigenvalue weighted by molar-refractivity contribution is 5.89. The van der Waals surface area contributed by atoms with Crippen molar-refractivity contribution in [2.75, 3.05) is 0 Å². The van der Waals surface area contributed by atoms with Crippen molar-refractivity contribution in [1.82, 2.24) is 9.78 Å². The van der Waals surface area contributed by atoms with E-state index in [0.29, 0.717) is 0 Å². The number of carboxylic acids is 2.